The molecule has 3 rings (SSSR count). The van der Waals surface area contributed by atoms with Gasteiger partial charge in [-0.15, -0.1) is 0 Å². The van der Waals surface area contributed by atoms with Crippen molar-refractivity contribution in [1.82, 2.24) is 4.90 Å². The molecule has 6 nitrogen and oxygen atoms in total. The Labute approximate surface area is 157 Å². The molecule has 0 aliphatic carbocycles. The average Bonchev–Trinajstić information content (AvgIpc) is 2.67. The van der Waals surface area contributed by atoms with Crippen LogP contribution in [0.15, 0.2) is 54.6 Å². The molecule has 0 saturated carbocycles. The molecule has 1 aliphatic heterocycles. The maximum atomic E-state index is 11.6. The summed E-state index contributed by atoms with van der Waals surface area (Å²) in [7, 11) is 1.28. The molecule has 1 unspecified atom stereocenters. The van der Waals surface area contributed by atoms with Crippen molar-refractivity contribution in [2.75, 3.05) is 13.7 Å². The third-order valence-electron chi connectivity index (χ3n) is 4.76. The first kappa shape index (κ1) is 18.5. The van der Waals surface area contributed by atoms with E-state index in [0.29, 0.717) is 18.4 Å². The number of rotatable bonds is 4. The molecule has 0 fully saturated rings. The number of carbonyl (C=O) groups excluding carboxylic acids is 1. The summed E-state index contributed by atoms with van der Waals surface area (Å²) in [6.07, 6.45) is 1.91. The third kappa shape index (κ3) is 4.11. The Hall–Kier alpha value is -3.28. The van der Waals surface area contributed by atoms with Crippen molar-refractivity contribution < 1.29 is 24.5 Å². The van der Waals surface area contributed by atoms with Crippen LogP contribution in [0.1, 0.15) is 27.9 Å². The largest absolute Gasteiger partial charge is 0.507 e. The number of methoxy groups -OCH3 is 1. The van der Waals surface area contributed by atoms with Crippen LogP contribution in [0.5, 0.6) is 5.75 Å². The van der Waals surface area contributed by atoms with Gasteiger partial charge in [-0.25, -0.2) is 9.59 Å². The highest BCUT2D eigenvalue weighted by Gasteiger charge is 2.28. The number of phenolic OH excluding ortho intramolecular Hbond substituents is 1. The summed E-state index contributed by atoms with van der Waals surface area (Å²) in [4.78, 5) is 24.6. The average molecular weight is 367 g/mol. The third-order valence-corrected chi connectivity index (χ3v) is 4.76. The van der Waals surface area contributed by atoms with Gasteiger partial charge in [-0.2, -0.15) is 0 Å². The Balaban J connectivity index is 1.86. The molecule has 2 aromatic rings. The summed E-state index contributed by atoms with van der Waals surface area (Å²) < 4.78 is 4.66. The smallest absolute Gasteiger partial charge is 0.407 e. The summed E-state index contributed by atoms with van der Waals surface area (Å²) >= 11 is 0. The summed E-state index contributed by atoms with van der Waals surface area (Å²) in [5.41, 5.74) is 2.79. The van der Waals surface area contributed by atoms with Crippen molar-refractivity contribution in [3.8, 4) is 5.75 Å². The van der Waals surface area contributed by atoms with E-state index in [0.717, 1.165) is 11.1 Å². The van der Waals surface area contributed by atoms with Gasteiger partial charge in [-0.3, -0.25) is 0 Å². The van der Waals surface area contributed by atoms with Crippen molar-refractivity contribution in [3.63, 3.8) is 0 Å². The van der Waals surface area contributed by atoms with Crippen LogP contribution < -0.4 is 0 Å². The SMILES string of the molecule is COC(=O)c1ccc(C2=CCN(C(=O)O)C(Cc3ccccc3)C2)c(O)c1. The van der Waals surface area contributed by atoms with Crippen LogP contribution in [-0.2, 0) is 11.2 Å². The predicted octanol–water partition coefficient (Wildman–Crippen LogP) is 3.56. The molecule has 140 valence electrons. The number of carbonyl (C=O) groups is 2. The van der Waals surface area contributed by atoms with Gasteiger partial charge in [0.1, 0.15) is 5.75 Å². The molecule has 0 saturated heterocycles. The summed E-state index contributed by atoms with van der Waals surface area (Å²) in [6.45, 7) is 0.250. The molecule has 2 N–H and O–H groups in total. The Morgan fingerprint density at radius 1 is 1.19 bits per heavy atom. The van der Waals surface area contributed by atoms with Crippen LogP contribution in [0.2, 0.25) is 0 Å². The predicted molar refractivity (Wildman–Crippen MR) is 101 cm³/mol. The lowest BCUT2D eigenvalue weighted by molar-refractivity contribution is 0.0600. The molecule has 1 atom stereocenters. The van der Waals surface area contributed by atoms with Crippen LogP contribution in [0.25, 0.3) is 5.57 Å². The Morgan fingerprint density at radius 2 is 1.93 bits per heavy atom. The lowest BCUT2D eigenvalue weighted by atomic mass is 9.90. The first-order chi connectivity index (χ1) is 13.0. The van der Waals surface area contributed by atoms with Gasteiger partial charge in [-0.1, -0.05) is 42.5 Å². The van der Waals surface area contributed by atoms with Crippen LogP contribution in [0.4, 0.5) is 4.79 Å². The van der Waals surface area contributed by atoms with Crippen molar-refractivity contribution in [2.45, 2.75) is 18.9 Å². The minimum Gasteiger partial charge on any atom is -0.507 e. The van der Waals surface area contributed by atoms with Gasteiger partial charge >= 0.3 is 12.1 Å². The summed E-state index contributed by atoms with van der Waals surface area (Å²) in [6, 6.07) is 14.1. The van der Waals surface area contributed by atoms with Crippen LogP contribution >= 0.6 is 0 Å². The minimum absolute atomic E-state index is 0.0219. The first-order valence-electron chi connectivity index (χ1n) is 8.64. The Morgan fingerprint density at radius 3 is 2.56 bits per heavy atom. The summed E-state index contributed by atoms with van der Waals surface area (Å²) in [5, 5.41) is 19.9. The number of amides is 1. The van der Waals surface area contributed by atoms with Crippen LogP contribution in [0.3, 0.4) is 0 Å². The molecule has 6 heteroatoms. The fourth-order valence-electron chi connectivity index (χ4n) is 3.38. The molecule has 1 amide bonds. The highest BCUT2D eigenvalue weighted by molar-refractivity contribution is 5.90. The molecule has 27 heavy (non-hydrogen) atoms. The zero-order chi connectivity index (χ0) is 19.4. The first-order valence-corrected chi connectivity index (χ1v) is 8.64. The molecule has 0 bridgehead atoms. The number of ether oxygens (including phenoxy) is 1. The van der Waals surface area contributed by atoms with Crippen molar-refractivity contribution in [2.24, 2.45) is 0 Å². The quantitative estimate of drug-likeness (QED) is 0.807. The van der Waals surface area contributed by atoms with Gasteiger partial charge in [0, 0.05) is 18.2 Å². The minimum atomic E-state index is -0.962. The van der Waals surface area contributed by atoms with Gasteiger partial charge in [0.25, 0.3) is 0 Å². The molecule has 2 aromatic carbocycles. The standard InChI is InChI=1S/C21H21NO5/c1-27-20(24)16-7-8-18(19(23)13-16)15-9-10-22(21(25)26)17(12-15)11-14-5-3-2-4-6-14/h2-9,13,17,23H,10-12H2,1H3,(H,25,26). The van der Waals surface area contributed by atoms with Gasteiger partial charge in [0.05, 0.1) is 12.7 Å². The van der Waals surface area contributed by atoms with Crippen LogP contribution in [-0.4, -0.2) is 46.9 Å². The lowest BCUT2D eigenvalue weighted by Crippen LogP contribution is -2.43. The van der Waals surface area contributed by atoms with Crippen molar-refractivity contribution >= 4 is 17.6 Å². The number of esters is 1. The zero-order valence-corrected chi connectivity index (χ0v) is 15.0. The van der Waals surface area contributed by atoms with E-state index in [1.807, 2.05) is 36.4 Å². The molecule has 0 spiro atoms. The zero-order valence-electron chi connectivity index (χ0n) is 15.0. The maximum Gasteiger partial charge on any atom is 0.407 e. The molecular weight excluding hydrogens is 346 g/mol. The number of hydrogen-bond acceptors (Lipinski definition) is 4. The van der Waals surface area contributed by atoms with E-state index in [-0.39, 0.29) is 23.9 Å². The number of hydrogen-bond donors (Lipinski definition) is 2. The second kappa shape index (κ2) is 7.95. The Bertz CT molecular complexity index is 875. The second-order valence-corrected chi connectivity index (χ2v) is 6.44. The van der Waals surface area contributed by atoms with E-state index in [4.69, 9.17) is 0 Å². The normalized spacial score (nSPS) is 16.6. The Kier molecular flexibility index (Phi) is 5.45. The molecule has 0 radical (unpaired) electrons. The van der Waals surface area contributed by atoms with Gasteiger partial charge < -0.3 is 19.8 Å². The summed E-state index contributed by atoms with van der Waals surface area (Å²) in [5.74, 6) is -0.542. The molecular formula is C21H21NO5. The second-order valence-electron chi connectivity index (χ2n) is 6.44. The van der Waals surface area contributed by atoms with Gasteiger partial charge in [-0.05, 0) is 36.1 Å². The fourth-order valence-corrected chi connectivity index (χ4v) is 3.38. The van der Waals surface area contributed by atoms with E-state index in [9.17, 15) is 19.8 Å². The van der Waals surface area contributed by atoms with E-state index >= 15 is 0 Å². The molecule has 1 heterocycles. The highest BCUT2D eigenvalue weighted by Crippen LogP contribution is 2.34. The number of phenols is 1. The number of nitrogens with zero attached hydrogens (tertiary/aromatic N) is 1. The van der Waals surface area contributed by atoms with E-state index in [1.54, 1.807) is 12.1 Å². The van der Waals surface area contributed by atoms with E-state index < -0.39 is 12.1 Å². The lowest BCUT2D eigenvalue weighted by Gasteiger charge is -2.33. The van der Waals surface area contributed by atoms with E-state index in [2.05, 4.69) is 4.74 Å². The molecule has 0 aromatic heterocycles. The number of aromatic hydroxyl groups is 1. The van der Waals surface area contributed by atoms with Gasteiger partial charge in [0.2, 0.25) is 0 Å². The van der Waals surface area contributed by atoms with E-state index in [1.165, 1.54) is 18.1 Å². The monoisotopic (exact) mass is 367 g/mol. The molecule has 1 aliphatic rings. The van der Waals surface area contributed by atoms with Crippen molar-refractivity contribution in [3.05, 3.63) is 71.3 Å². The highest BCUT2D eigenvalue weighted by atomic mass is 16.5. The van der Waals surface area contributed by atoms with Gasteiger partial charge in [0.15, 0.2) is 0 Å². The number of carboxylic acid groups (broad SMARTS) is 1. The van der Waals surface area contributed by atoms with Crippen molar-refractivity contribution in [1.29, 1.82) is 0 Å². The topological polar surface area (TPSA) is 87.1 Å². The fraction of sp³-hybridized carbons (Fsp3) is 0.238. The maximum absolute atomic E-state index is 11.6. The number of benzene rings is 2. The van der Waals surface area contributed by atoms with Crippen LogP contribution in [0, 0.1) is 0 Å².